The molecule has 26 heavy (non-hydrogen) atoms. The van der Waals surface area contributed by atoms with E-state index in [2.05, 4.69) is 22.5 Å². The van der Waals surface area contributed by atoms with E-state index in [1.165, 1.54) is 0 Å². The van der Waals surface area contributed by atoms with E-state index in [-0.39, 0.29) is 6.61 Å². The molecule has 1 unspecified atom stereocenters. The zero-order valence-corrected chi connectivity index (χ0v) is 16.5. The van der Waals surface area contributed by atoms with Gasteiger partial charge in [0.2, 0.25) is 0 Å². The zero-order chi connectivity index (χ0) is 19.0. The van der Waals surface area contributed by atoms with Crippen molar-refractivity contribution in [1.82, 2.24) is 10.6 Å². The molecule has 6 heteroatoms. The van der Waals surface area contributed by atoms with E-state index in [1.54, 1.807) is 7.11 Å². The molecule has 0 heterocycles. The maximum Gasteiger partial charge on any atom is 0.191 e. The number of nitrogens with zero attached hydrogens (tertiary/aromatic N) is 1. The van der Waals surface area contributed by atoms with Gasteiger partial charge in [-0.25, -0.2) is 4.99 Å². The van der Waals surface area contributed by atoms with E-state index in [1.807, 2.05) is 31.2 Å². The van der Waals surface area contributed by atoms with E-state index >= 15 is 0 Å². The van der Waals surface area contributed by atoms with Crippen molar-refractivity contribution in [1.29, 1.82) is 0 Å². The molecular weight excluding hydrogens is 330 g/mol. The summed E-state index contributed by atoms with van der Waals surface area (Å²) in [4.78, 5) is 4.68. The fourth-order valence-electron chi connectivity index (χ4n) is 2.48. The van der Waals surface area contributed by atoms with Gasteiger partial charge in [0.1, 0.15) is 5.75 Å². The molecule has 0 saturated heterocycles. The van der Waals surface area contributed by atoms with Crippen molar-refractivity contribution in [2.24, 2.45) is 10.9 Å². The fraction of sp³-hybridized carbons (Fsp3) is 0.650. The van der Waals surface area contributed by atoms with Gasteiger partial charge in [-0.3, -0.25) is 0 Å². The molecule has 0 aromatic heterocycles. The summed E-state index contributed by atoms with van der Waals surface area (Å²) < 4.78 is 10.6. The van der Waals surface area contributed by atoms with Gasteiger partial charge >= 0.3 is 0 Å². The van der Waals surface area contributed by atoms with Crippen LogP contribution in [0.4, 0.5) is 0 Å². The summed E-state index contributed by atoms with van der Waals surface area (Å²) in [5, 5.41) is 15.9. The lowest BCUT2D eigenvalue weighted by Gasteiger charge is -2.18. The number of ether oxygens (including phenoxy) is 2. The van der Waals surface area contributed by atoms with Gasteiger partial charge in [0, 0.05) is 32.9 Å². The minimum Gasteiger partial charge on any atom is -0.497 e. The molecule has 0 aliphatic heterocycles. The zero-order valence-electron chi connectivity index (χ0n) is 16.5. The van der Waals surface area contributed by atoms with Crippen molar-refractivity contribution in [3.8, 4) is 5.75 Å². The van der Waals surface area contributed by atoms with Crippen LogP contribution in [0.1, 0.15) is 38.7 Å². The Hall–Kier alpha value is -1.79. The average molecular weight is 366 g/mol. The van der Waals surface area contributed by atoms with E-state index in [4.69, 9.17) is 14.6 Å². The van der Waals surface area contributed by atoms with Crippen LogP contribution in [0, 0.1) is 5.92 Å². The Morgan fingerprint density at radius 2 is 1.96 bits per heavy atom. The van der Waals surface area contributed by atoms with Crippen LogP contribution in [0.15, 0.2) is 29.3 Å². The number of guanidine groups is 1. The molecule has 3 N–H and O–H groups in total. The quantitative estimate of drug-likeness (QED) is 0.285. The SMILES string of the molecule is CCOCCCNC(=NCc1ccc(OC)cc1)NCC(CC)CCO. The molecule has 0 saturated carbocycles. The molecule has 0 fully saturated rings. The molecule has 148 valence electrons. The van der Waals surface area contributed by atoms with Crippen molar-refractivity contribution >= 4 is 5.96 Å². The lowest BCUT2D eigenvalue weighted by atomic mass is 10.0. The van der Waals surface area contributed by atoms with Crippen LogP contribution in [-0.2, 0) is 11.3 Å². The Labute approximate surface area is 158 Å². The van der Waals surface area contributed by atoms with E-state index in [0.29, 0.717) is 12.5 Å². The first-order valence-electron chi connectivity index (χ1n) is 9.57. The second-order valence-corrected chi connectivity index (χ2v) is 6.16. The van der Waals surface area contributed by atoms with Crippen molar-refractivity contribution in [3.05, 3.63) is 29.8 Å². The number of benzene rings is 1. The number of aliphatic imine (C=N–C) groups is 1. The van der Waals surface area contributed by atoms with Crippen LogP contribution < -0.4 is 15.4 Å². The predicted octanol–water partition coefficient (Wildman–Crippen LogP) is 2.57. The normalized spacial score (nSPS) is 12.7. The van der Waals surface area contributed by atoms with Crippen LogP contribution in [-0.4, -0.2) is 51.1 Å². The number of aliphatic hydroxyl groups excluding tert-OH is 1. The second-order valence-electron chi connectivity index (χ2n) is 6.16. The number of rotatable bonds is 13. The topological polar surface area (TPSA) is 75.1 Å². The van der Waals surface area contributed by atoms with Gasteiger partial charge in [-0.15, -0.1) is 0 Å². The van der Waals surface area contributed by atoms with Crippen molar-refractivity contribution in [3.63, 3.8) is 0 Å². The fourth-order valence-corrected chi connectivity index (χ4v) is 2.48. The summed E-state index contributed by atoms with van der Waals surface area (Å²) in [6.45, 7) is 8.08. The maximum absolute atomic E-state index is 9.15. The van der Waals surface area contributed by atoms with Gasteiger partial charge in [-0.1, -0.05) is 25.5 Å². The van der Waals surface area contributed by atoms with Crippen LogP contribution in [0.2, 0.25) is 0 Å². The lowest BCUT2D eigenvalue weighted by molar-refractivity contribution is 0.145. The number of hydrogen-bond acceptors (Lipinski definition) is 4. The highest BCUT2D eigenvalue weighted by Crippen LogP contribution is 2.12. The van der Waals surface area contributed by atoms with Crippen molar-refractivity contribution < 1.29 is 14.6 Å². The molecule has 0 spiro atoms. The van der Waals surface area contributed by atoms with Crippen molar-refractivity contribution in [2.75, 3.05) is 40.0 Å². The summed E-state index contributed by atoms with van der Waals surface area (Å²) in [6, 6.07) is 7.94. The summed E-state index contributed by atoms with van der Waals surface area (Å²) in [5.74, 6) is 2.09. The van der Waals surface area contributed by atoms with Gasteiger partial charge < -0.3 is 25.2 Å². The highest BCUT2D eigenvalue weighted by Gasteiger charge is 2.07. The Morgan fingerprint density at radius 3 is 2.58 bits per heavy atom. The molecule has 1 rings (SSSR count). The molecule has 0 amide bonds. The molecule has 0 bridgehead atoms. The third kappa shape index (κ3) is 9.63. The highest BCUT2D eigenvalue weighted by atomic mass is 16.5. The summed E-state index contributed by atoms with van der Waals surface area (Å²) in [5.41, 5.74) is 1.13. The summed E-state index contributed by atoms with van der Waals surface area (Å²) in [7, 11) is 1.66. The molecule has 1 aromatic carbocycles. The molecular formula is C20H35N3O3. The highest BCUT2D eigenvalue weighted by molar-refractivity contribution is 5.79. The first-order valence-corrected chi connectivity index (χ1v) is 9.57. The summed E-state index contributed by atoms with van der Waals surface area (Å²) in [6.07, 6.45) is 2.77. The standard InChI is InChI=1S/C20H35N3O3/c1-4-17(11-13-24)15-22-20(21-12-6-14-26-5-2)23-16-18-7-9-19(25-3)10-8-18/h7-10,17,24H,4-6,11-16H2,1-3H3,(H2,21,22,23). The third-order valence-electron chi connectivity index (χ3n) is 4.21. The predicted molar refractivity (Wildman–Crippen MR) is 107 cm³/mol. The smallest absolute Gasteiger partial charge is 0.191 e. The molecule has 1 aromatic rings. The molecule has 6 nitrogen and oxygen atoms in total. The number of nitrogens with one attached hydrogen (secondary N) is 2. The molecule has 0 aliphatic rings. The van der Waals surface area contributed by atoms with E-state index in [0.717, 1.165) is 62.8 Å². The molecule has 1 atom stereocenters. The Bertz CT molecular complexity index is 492. The Balaban J connectivity index is 2.58. The monoisotopic (exact) mass is 365 g/mol. The molecule has 0 radical (unpaired) electrons. The summed E-state index contributed by atoms with van der Waals surface area (Å²) >= 11 is 0. The van der Waals surface area contributed by atoms with Gasteiger partial charge in [0.05, 0.1) is 13.7 Å². The first kappa shape index (κ1) is 22.3. The van der Waals surface area contributed by atoms with Crippen molar-refractivity contribution in [2.45, 2.75) is 39.7 Å². The van der Waals surface area contributed by atoms with E-state index < -0.39 is 0 Å². The number of methoxy groups -OCH3 is 1. The van der Waals surface area contributed by atoms with Gasteiger partial charge in [0.25, 0.3) is 0 Å². The largest absolute Gasteiger partial charge is 0.497 e. The molecule has 0 aliphatic carbocycles. The first-order chi connectivity index (χ1) is 12.7. The second kappa shape index (κ2) is 14.4. The van der Waals surface area contributed by atoms with Gasteiger partial charge in [0.15, 0.2) is 5.96 Å². The van der Waals surface area contributed by atoms with Crippen LogP contribution in [0.5, 0.6) is 5.75 Å². The Kier molecular flexibility index (Phi) is 12.3. The van der Waals surface area contributed by atoms with E-state index in [9.17, 15) is 0 Å². The number of hydrogen-bond donors (Lipinski definition) is 3. The van der Waals surface area contributed by atoms with Gasteiger partial charge in [-0.05, 0) is 43.4 Å². The minimum atomic E-state index is 0.223. The maximum atomic E-state index is 9.15. The third-order valence-corrected chi connectivity index (χ3v) is 4.21. The van der Waals surface area contributed by atoms with Gasteiger partial charge in [-0.2, -0.15) is 0 Å². The number of aliphatic hydroxyl groups is 1. The minimum absolute atomic E-state index is 0.223. The van der Waals surface area contributed by atoms with Crippen LogP contribution in [0.3, 0.4) is 0 Å². The van der Waals surface area contributed by atoms with Crippen LogP contribution in [0.25, 0.3) is 0 Å². The lowest BCUT2D eigenvalue weighted by Crippen LogP contribution is -2.40. The average Bonchev–Trinajstić information content (AvgIpc) is 2.68. The Morgan fingerprint density at radius 1 is 1.19 bits per heavy atom. The van der Waals surface area contributed by atoms with Crippen LogP contribution >= 0.6 is 0 Å².